The van der Waals surface area contributed by atoms with E-state index in [1.807, 2.05) is 38.1 Å². The smallest absolute Gasteiger partial charge is 0.361 e. The molecule has 28 heavy (non-hydrogen) atoms. The van der Waals surface area contributed by atoms with Gasteiger partial charge in [-0.15, -0.1) is 0 Å². The van der Waals surface area contributed by atoms with Gasteiger partial charge in [0, 0.05) is 43.1 Å². The SMILES string of the molecule is Cc1noc(C)c1-c1ccc(C2CC2N(CC2CNC2)C(=O)C(F)(F)F)cc1. The van der Waals surface area contributed by atoms with Gasteiger partial charge in [0.05, 0.1) is 5.69 Å². The third-order valence-electron chi connectivity index (χ3n) is 5.64. The number of amides is 1. The maximum absolute atomic E-state index is 13.1. The van der Waals surface area contributed by atoms with Crippen molar-refractivity contribution in [3.05, 3.63) is 41.3 Å². The van der Waals surface area contributed by atoms with Gasteiger partial charge in [0.1, 0.15) is 5.76 Å². The number of aromatic nitrogens is 1. The summed E-state index contributed by atoms with van der Waals surface area (Å²) < 4.78 is 44.4. The molecule has 0 radical (unpaired) electrons. The summed E-state index contributed by atoms with van der Waals surface area (Å²) in [6.45, 7) is 5.18. The Balaban J connectivity index is 1.50. The van der Waals surface area contributed by atoms with Gasteiger partial charge in [-0.1, -0.05) is 29.4 Å². The Bertz CT molecular complexity index is 852. The summed E-state index contributed by atoms with van der Waals surface area (Å²) in [6.07, 6.45) is -4.27. The van der Waals surface area contributed by atoms with Crippen LogP contribution in [0.1, 0.15) is 29.4 Å². The van der Waals surface area contributed by atoms with Crippen molar-refractivity contribution in [1.29, 1.82) is 0 Å². The maximum atomic E-state index is 13.1. The molecule has 5 nitrogen and oxygen atoms in total. The topological polar surface area (TPSA) is 58.4 Å². The second-order valence-electron chi connectivity index (χ2n) is 7.71. The average Bonchev–Trinajstić information content (AvgIpc) is 3.32. The highest BCUT2D eigenvalue weighted by atomic mass is 19.4. The fraction of sp³-hybridized carbons (Fsp3) is 0.500. The van der Waals surface area contributed by atoms with Gasteiger partial charge in [-0.25, -0.2) is 0 Å². The van der Waals surface area contributed by atoms with E-state index in [9.17, 15) is 18.0 Å². The van der Waals surface area contributed by atoms with Gasteiger partial charge < -0.3 is 14.7 Å². The summed E-state index contributed by atoms with van der Waals surface area (Å²) in [5, 5.41) is 6.99. The third-order valence-corrected chi connectivity index (χ3v) is 5.64. The Morgan fingerprint density at radius 2 is 1.93 bits per heavy atom. The molecule has 1 N–H and O–H groups in total. The van der Waals surface area contributed by atoms with Gasteiger partial charge >= 0.3 is 12.1 Å². The summed E-state index contributed by atoms with van der Waals surface area (Å²) in [5.74, 6) is -0.961. The van der Waals surface area contributed by atoms with E-state index in [1.165, 1.54) is 0 Å². The number of carbonyl (C=O) groups is 1. The predicted molar refractivity (Wildman–Crippen MR) is 96.7 cm³/mol. The molecule has 2 unspecified atom stereocenters. The quantitative estimate of drug-likeness (QED) is 0.846. The molecule has 1 aliphatic heterocycles. The van der Waals surface area contributed by atoms with Crippen LogP contribution in [-0.4, -0.2) is 47.8 Å². The Morgan fingerprint density at radius 3 is 2.43 bits per heavy atom. The van der Waals surface area contributed by atoms with Crippen LogP contribution >= 0.6 is 0 Å². The van der Waals surface area contributed by atoms with Crippen LogP contribution in [0.15, 0.2) is 28.8 Å². The molecule has 1 aromatic heterocycles. The number of aryl methyl sites for hydroxylation is 2. The lowest BCUT2D eigenvalue weighted by atomic mass is 10.0. The van der Waals surface area contributed by atoms with Crippen molar-refractivity contribution in [1.82, 2.24) is 15.4 Å². The molecule has 1 amide bonds. The number of hydrogen-bond acceptors (Lipinski definition) is 4. The van der Waals surface area contributed by atoms with E-state index >= 15 is 0 Å². The zero-order valence-electron chi connectivity index (χ0n) is 15.7. The summed E-state index contributed by atoms with van der Waals surface area (Å²) in [4.78, 5) is 13.0. The molecule has 2 atom stereocenters. The first-order valence-electron chi connectivity index (χ1n) is 9.37. The normalized spacial score (nSPS) is 22.0. The molecular weight excluding hydrogens is 371 g/mol. The minimum atomic E-state index is -4.84. The summed E-state index contributed by atoms with van der Waals surface area (Å²) in [7, 11) is 0. The van der Waals surface area contributed by atoms with E-state index in [-0.39, 0.29) is 24.4 Å². The second-order valence-corrected chi connectivity index (χ2v) is 7.71. The van der Waals surface area contributed by atoms with Gasteiger partial charge in [-0.05, 0) is 31.4 Å². The summed E-state index contributed by atoms with van der Waals surface area (Å²) in [6, 6.07) is 7.33. The minimum absolute atomic E-state index is 0.0574. The molecular formula is C20H22F3N3O2. The second kappa shape index (κ2) is 6.92. The molecule has 0 spiro atoms. The Morgan fingerprint density at radius 1 is 1.25 bits per heavy atom. The Labute approximate surface area is 160 Å². The van der Waals surface area contributed by atoms with E-state index in [0.29, 0.717) is 19.5 Å². The fourth-order valence-electron chi connectivity index (χ4n) is 3.96. The molecule has 1 saturated heterocycles. The first-order valence-corrected chi connectivity index (χ1v) is 9.37. The van der Waals surface area contributed by atoms with Crippen LogP contribution in [0.3, 0.4) is 0 Å². The van der Waals surface area contributed by atoms with Gasteiger partial charge in [0.2, 0.25) is 0 Å². The first kappa shape index (κ1) is 19.0. The number of rotatable bonds is 5. The monoisotopic (exact) mass is 393 g/mol. The van der Waals surface area contributed by atoms with Crippen LogP contribution in [0.2, 0.25) is 0 Å². The fourth-order valence-corrected chi connectivity index (χ4v) is 3.96. The van der Waals surface area contributed by atoms with Gasteiger partial charge in [-0.3, -0.25) is 4.79 Å². The number of alkyl halides is 3. The van der Waals surface area contributed by atoms with Crippen molar-refractivity contribution >= 4 is 5.91 Å². The maximum Gasteiger partial charge on any atom is 0.471 e. The van der Waals surface area contributed by atoms with E-state index in [0.717, 1.165) is 33.0 Å². The molecule has 1 saturated carbocycles. The number of benzene rings is 1. The van der Waals surface area contributed by atoms with Crippen molar-refractivity contribution in [3.8, 4) is 11.1 Å². The highest BCUT2D eigenvalue weighted by Gasteiger charge is 2.52. The van der Waals surface area contributed by atoms with E-state index < -0.39 is 12.1 Å². The standard InChI is InChI=1S/C20H22F3N3O2/c1-11-18(12(2)28-25-11)15-5-3-14(4-6-15)16-7-17(16)26(10-13-8-24-9-13)19(27)20(21,22)23/h3-6,13,16-17,24H,7-10H2,1-2H3. The zero-order valence-corrected chi connectivity index (χ0v) is 15.7. The molecule has 1 aliphatic carbocycles. The lowest BCUT2D eigenvalue weighted by Crippen LogP contribution is -2.52. The van der Waals surface area contributed by atoms with E-state index in [1.54, 1.807) is 0 Å². The molecule has 2 aromatic rings. The molecule has 150 valence electrons. The lowest BCUT2D eigenvalue weighted by molar-refractivity contribution is -0.187. The zero-order chi connectivity index (χ0) is 20.1. The molecule has 2 aliphatic rings. The average molecular weight is 393 g/mol. The van der Waals surface area contributed by atoms with Crippen molar-refractivity contribution in [3.63, 3.8) is 0 Å². The molecule has 2 heterocycles. The highest BCUT2D eigenvalue weighted by Crippen LogP contribution is 2.46. The Hall–Kier alpha value is -2.35. The summed E-state index contributed by atoms with van der Waals surface area (Å²) >= 11 is 0. The van der Waals surface area contributed by atoms with Crippen molar-refractivity contribution in [2.75, 3.05) is 19.6 Å². The number of halogens is 3. The van der Waals surface area contributed by atoms with Crippen LogP contribution in [0.4, 0.5) is 13.2 Å². The van der Waals surface area contributed by atoms with Crippen molar-refractivity contribution in [2.24, 2.45) is 5.92 Å². The minimum Gasteiger partial charge on any atom is -0.361 e. The van der Waals surface area contributed by atoms with Crippen LogP contribution in [-0.2, 0) is 4.79 Å². The van der Waals surface area contributed by atoms with E-state index in [2.05, 4.69) is 10.5 Å². The number of carbonyl (C=O) groups excluding carboxylic acids is 1. The summed E-state index contributed by atoms with van der Waals surface area (Å²) in [5.41, 5.74) is 3.64. The predicted octanol–water partition coefficient (Wildman–Crippen LogP) is 3.42. The molecule has 0 bridgehead atoms. The van der Waals surface area contributed by atoms with E-state index in [4.69, 9.17) is 4.52 Å². The molecule has 8 heteroatoms. The first-order chi connectivity index (χ1) is 13.3. The molecule has 4 rings (SSSR count). The van der Waals surface area contributed by atoms with Crippen molar-refractivity contribution in [2.45, 2.75) is 38.4 Å². The largest absolute Gasteiger partial charge is 0.471 e. The van der Waals surface area contributed by atoms with Gasteiger partial charge in [0.15, 0.2) is 0 Å². The van der Waals surface area contributed by atoms with Crippen LogP contribution in [0, 0.1) is 19.8 Å². The molecule has 1 aromatic carbocycles. The third kappa shape index (κ3) is 3.53. The number of nitrogens with one attached hydrogen (secondary N) is 1. The number of hydrogen-bond donors (Lipinski definition) is 1. The lowest BCUT2D eigenvalue weighted by Gasteiger charge is -2.34. The number of nitrogens with zero attached hydrogens (tertiary/aromatic N) is 2. The highest BCUT2D eigenvalue weighted by molar-refractivity contribution is 5.82. The van der Waals surface area contributed by atoms with Gasteiger partial charge in [-0.2, -0.15) is 13.2 Å². The molecule has 2 fully saturated rings. The van der Waals surface area contributed by atoms with Crippen LogP contribution in [0.25, 0.3) is 11.1 Å². The van der Waals surface area contributed by atoms with Crippen LogP contribution in [0.5, 0.6) is 0 Å². The van der Waals surface area contributed by atoms with Crippen molar-refractivity contribution < 1.29 is 22.5 Å². The van der Waals surface area contributed by atoms with Crippen LogP contribution < -0.4 is 5.32 Å². The Kier molecular flexibility index (Phi) is 4.69. The van der Waals surface area contributed by atoms with Gasteiger partial charge in [0.25, 0.3) is 0 Å².